The number of amides is 3. The van der Waals surface area contributed by atoms with Crippen LogP contribution in [-0.4, -0.2) is 57.0 Å². The first-order valence-electron chi connectivity index (χ1n) is 9.34. The van der Waals surface area contributed by atoms with Gasteiger partial charge in [0.2, 0.25) is 0 Å². The summed E-state index contributed by atoms with van der Waals surface area (Å²) < 4.78 is 28.9. The minimum absolute atomic E-state index is 0.0542. The van der Waals surface area contributed by atoms with E-state index >= 15 is 0 Å². The van der Waals surface area contributed by atoms with Crippen LogP contribution in [0.5, 0.6) is 5.75 Å². The summed E-state index contributed by atoms with van der Waals surface area (Å²) in [5.74, 6) is 5.16. The fourth-order valence-corrected chi connectivity index (χ4v) is 4.41. The molecule has 160 valence electrons. The molecule has 0 bridgehead atoms. The van der Waals surface area contributed by atoms with Gasteiger partial charge < -0.3 is 9.64 Å². The van der Waals surface area contributed by atoms with Gasteiger partial charge in [0.25, 0.3) is 5.91 Å². The van der Waals surface area contributed by atoms with Crippen LogP contribution in [-0.2, 0) is 16.4 Å². The Kier molecular flexibility index (Phi) is 6.58. The second kappa shape index (κ2) is 9.14. The van der Waals surface area contributed by atoms with Crippen LogP contribution >= 0.6 is 0 Å². The number of carbonyl (C=O) groups excluding carboxylic acids is 2. The van der Waals surface area contributed by atoms with Crippen LogP contribution in [0.25, 0.3) is 0 Å². The van der Waals surface area contributed by atoms with Crippen molar-refractivity contribution in [2.45, 2.75) is 6.54 Å². The first-order chi connectivity index (χ1) is 14.3. The number of benzene rings is 2. The molecule has 30 heavy (non-hydrogen) atoms. The van der Waals surface area contributed by atoms with Gasteiger partial charge in [0.05, 0.1) is 30.8 Å². The molecule has 0 unspecified atom stereocenters. The molecule has 1 fully saturated rings. The third-order valence-corrected chi connectivity index (χ3v) is 6.52. The summed E-state index contributed by atoms with van der Waals surface area (Å²) in [7, 11) is -1.59. The maximum atomic E-state index is 13.3. The molecule has 3 N–H and O–H groups in total. The minimum atomic E-state index is -3.11. The highest BCUT2D eigenvalue weighted by Crippen LogP contribution is 2.30. The normalized spacial score (nSPS) is 15.3. The van der Waals surface area contributed by atoms with Crippen molar-refractivity contribution in [2.75, 3.05) is 36.6 Å². The topological polar surface area (TPSA) is 122 Å². The van der Waals surface area contributed by atoms with Crippen LogP contribution in [0.1, 0.15) is 15.9 Å². The summed E-state index contributed by atoms with van der Waals surface area (Å²) in [6, 6.07) is 13.5. The molecule has 0 spiro atoms. The molecule has 1 heterocycles. The lowest BCUT2D eigenvalue weighted by molar-refractivity contribution is 0.0953. The largest absolute Gasteiger partial charge is 0.495 e. The molecular formula is C20H24N4O5S. The van der Waals surface area contributed by atoms with Crippen molar-refractivity contribution < 1.29 is 22.7 Å². The van der Waals surface area contributed by atoms with Crippen LogP contribution in [0.15, 0.2) is 48.5 Å². The molecule has 0 atom stereocenters. The van der Waals surface area contributed by atoms with Crippen molar-refractivity contribution in [1.82, 2.24) is 10.3 Å². The third kappa shape index (κ3) is 4.89. The maximum Gasteiger partial charge on any atom is 0.324 e. The summed E-state index contributed by atoms with van der Waals surface area (Å²) in [5.41, 5.74) is 3.83. The number of nitrogens with zero attached hydrogens (tertiary/aromatic N) is 2. The summed E-state index contributed by atoms with van der Waals surface area (Å²) in [4.78, 5) is 28.1. The van der Waals surface area contributed by atoms with Gasteiger partial charge >= 0.3 is 6.03 Å². The molecule has 3 amide bonds. The van der Waals surface area contributed by atoms with E-state index in [0.717, 1.165) is 5.56 Å². The molecule has 10 heteroatoms. The number of carbonyl (C=O) groups is 2. The van der Waals surface area contributed by atoms with Gasteiger partial charge in [-0.05, 0) is 29.8 Å². The van der Waals surface area contributed by atoms with Crippen molar-refractivity contribution in [3.8, 4) is 5.75 Å². The molecule has 0 aliphatic carbocycles. The van der Waals surface area contributed by atoms with E-state index in [2.05, 4.69) is 5.43 Å². The molecular weight excluding hydrogens is 408 g/mol. The molecule has 1 aliphatic heterocycles. The van der Waals surface area contributed by atoms with Crippen molar-refractivity contribution >= 4 is 27.5 Å². The van der Waals surface area contributed by atoms with Crippen LogP contribution in [0.3, 0.4) is 0 Å². The second-order valence-electron chi connectivity index (χ2n) is 6.85. The van der Waals surface area contributed by atoms with Gasteiger partial charge in [0.15, 0.2) is 9.84 Å². The number of hydrogen-bond donors (Lipinski definition) is 2. The summed E-state index contributed by atoms with van der Waals surface area (Å²) >= 11 is 0. The zero-order valence-corrected chi connectivity index (χ0v) is 17.4. The molecule has 2 aromatic rings. The molecule has 0 saturated carbocycles. The molecule has 0 aromatic heterocycles. The van der Waals surface area contributed by atoms with Crippen molar-refractivity contribution in [3.05, 3.63) is 59.7 Å². The van der Waals surface area contributed by atoms with Gasteiger partial charge in [-0.1, -0.05) is 24.3 Å². The lowest BCUT2D eigenvalue weighted by Gasteiger charge is -2.33. The highest BCUT2D eigenvalue weighted by atomic mass is 32.2. The molecule has 9 nitrogen and oxygen atoms in total. The lowest BCUT2D eigenvalue weighted by Crippen LogP contribution is -2.49. The number of nitrogens with two attached hydrogens (primary N) is 1. The summed E-state index contributed by atoms with van der Waals surface area (Å²) in [5, 5.41) is 0. The van der Waals surface area contributed by atoms with Crippen LogP contribution < -0.4 is 20.9 Å². The zero-order valence-electron chi connectivity index (χ0n) is 16.6. The number of sulfone groups is 1. The van der Waals surface area contributed by atoms with Gasteiger partial charge in [-0.25, -0.2) is 19.1 Å². The van der Waals surface area contributed by atoms with Gasteiger partial charge in [-0.2, -0.15) is 0 Å². The molecule has 1 aliphatic rings. The van der Waals surface area contributed by atoms with Crippen molar-refractivity contribution in [1.29, 1.82) is 0 Å². The molecule has 1 saturated heterocycles. The second-order valence-corrected chi connectivity index (χ2v) is 9.15. The number of methoxy groups -OCH3 is 1. The number of anilines is 1. The first kappa shape index (κ1) is 21.6. The average Bonchev–Trinajstić information content (AvgIpc) is 2.77. The monoisotopic (exact) mass is 432 g/mol. The Labute approximate surface area is 175 Å². The van der Waals surface area contributed by atoms with Crippen LogP contribution in [0.4, 0.5) is 10.5 Å². The molecule has 0 radical (unpaired) electrons. The van der Waals surface area contributed by atoms with Gasteiger partial charge in [-0.3, -0.25) is 15.1 Å². The minimum Gasteiger partial charge on any atom is -0.495 e. The number of hydrogen-bond acceptors (Lipinski definition) is 6. The van der Waals surface area contributed by atoms with Gasteiger partial charge in [0.1, 0.15) is 5.75 Å². The Morgan fingerprint density at radius 2 is 1.73 bits per heavy atom. The molecule has 3 rings (SSSR count). The summed E-state index contributed by atoms with van der Waals surface area (Å²) in [6.07, 6.45) is 0. The zero-order chi connectivity index (χ0) is 21.7. The number of nitrogens with one attached hydrogen (secondary N) is 1. The van der Waals surface area contributed by atoms with E-state index in [-0.39, 0.29) is 37.2 Å². The third-order valence-electron chi connectivity index (χ3n) is 4.91. The van der Waals surface area contributed by atoms with Crippen LogP contribution in [0, 0.1) is 0 Å². The Bertz CT molecular complexity index is 1010. The predicted molar refractivity (Wildman–Crippen MR) is 113 cm³/mol. The van der Waals surface area contributed by atoms with E-state index in [1.165, 1.54) is 12.0 Å². The fraction of sp³-hybridized carbons (Fsp3) is 0.300. The first-order valence-corrected chi connectivity index (χ1v) is 11.2. The quantitative estimate of drug-likeness (QED) is 0.415. The highest BCUT2D eigenvalue weighted by molar-refractivity contribution is 7.91. The maximum absolute atomic E-state index is 13.3. The van der Waals surface area contributed by atoms with Crippen molar-refractivity contribution in [3.63, 3.8) is 0 Å². The fourth-order valence-electron chi connectivity index (χ4n) is 3.21. The van der Waals surface area contributed by atoms with E-state index in [1.807, 2.05) is 0 Å². The number of hydrazine groups is 1. The predicted octanol–water partition coefficient (Wildman–Crippen LogP) is 1.16. The number of ether oxygens (including phenoxy) is 1. The smallest absolute Gasteiger partial charge is 0.324 e. The molecule has 2 aromatic carbocycles. The van der Waals surface area contributed by atoms with Crippen molar-refractivity contribution in [2.24, 2.45) is 5.84 Å². The highest BCUT2D eigenvalue weighted by Gasteiger charge is 2.30. The summed E-state index contributed by atoms with van der Waals surface area (Å²) in [6.45, 7) is 0.498. The Morgan fingerprint density at radius 1 is 1.10 bits per heavy atom. The van der Waals surface area contributed by atoms with Gasteiger partial charge in [0, 0.05) is 18.7 Å². The van der Waals surface area contributed by atoms with E-state index < -0.39 is 15.7 Å². The number of para-hydroxylation sites is 2. The van der Waals surface area contributed by atoms with Gasteiger partial charge in [-0.15, -0.1) is 0 Å². The van der Waals surface area contributed by atoms with Crippen LogP contribution in [0.2, 0.25) is 0 Å². The average molecular weight is 433 g/mol. The SMILES string of the molecule is COc1ccccc1N(Cc1ccc(C(=O)NN)cc1)C(=O)N1CCS(=O)(=O)CC1. The van der Waals surface area contributed by atoms with E-state index in [4.69, 9.17) is 10.6 Å². The number of nitrogen functional groups attached to an aromatic ring is 1. The Hall–Kier alpha value is -3.11. The van der Waals surface area contributed by atoms with E-state index in [9.17, 15) is 18.0 Å². The van der Waals surface area contributed by atoms with E-state index in [1.54, 1.807) is 53.4 Å². The standard InChI is InChI=1S/C20H24N4O5S/c1-29-18-5-3-2-4-17(18)24(20(26)23-10-12-30(27,28)13-11-23)14-15-6-8-16(9-7-15)19(25)22-21/h2-9H,10-14,21H2,1H3,(H,22,25). The number of rotatable bonds is 5. The van der Waals surface area contributed by atoms with E-state index in [0.29, 0.717) is 17.0 Å². The Morgan fingerprint density at radius 3 is 2.33 bits per heavy atom. The lowest BCUT2D eigenvalue weighted by atomic mass is 10.1. The Balaban J connectivity index is 1.90. The number of urea groups is 1.